The van der Waals surface area contributed by atoms with Crippen molar-refractivity contribution < 1.29 is 0 Å². The highest BCUT2D eigenvalue weighted by Crippen LogP contribution is 2.29. The van der Waals surface area contributed by atoms with E-state index in [0.717, 1.165) is 25.2 Å². The second-order valence-electron chi connectivity index (χ2n) is 6.04. The van der Waals surface area contributed by atoms with Gasteiger partial charge < -0.3 is 10.2 Å². The number of rotatable bonds is 4. The normalized spacial score (nSPS) is 27.8. The number of fused-ring (bicyclic) bond motifs is 1. The lowest BCUT2D eigenvalue weighted by molar-refractivity contribution is 0.231. The summed E-state index contributed by atoms with van der Waals surface area (Å²) in [5.41, 5.74) is 0. The Balaban J connectivity index is 1.38. The molecule has 1 aromatic rings. The van der Waals surface area contributed by atoms with E-state index in [1.165, 1.54) is 55.3 Å². The van der Waals surface area contributed by atoms with Crippen molar-refractivity contribution in [2.75, 3.05) is 31.1 Å². The minimum atomic E-state index is 0.783. The van der Waals surface area contributed by atoms with E-state index >= 15 is 0 Å². The monoisotopic (exact) mass is 278 g/mol. The SMILES string of the molecule is c1nc(N2CCN3CCCC3C2)sc1CNC1CC1. The van der Waals surface area contributed by atoms with Crippen LogP contribution in [-0.4, -0.2) is 48.1 Å². The van der Waals surface area contributed by atoms with Crippen LogP contribution in [0, 0.1) is 0 Å². The molecule has 0 bridgehead atoms. The molecule has 3 aliphatic rings. The average molecular weight is 278 g/mol. The van der Waals surface area contributed by atoms with E-state index in [0.29, 0.717) is 0 Å². The summed E-state index contributed by atoms with van der Waals surface area (Å²) < 4.78 is 0. The molecule has 3 fully saturated rings. The zero-order chi connectivity index (χ0) is 12.7. The molecule has 1 atom stereocenters. The molecule has 4 rings (SSSR count). The van der Waals surface area contributed by atoms with Crippen molar-refractivity contribution in [1.82, 2.24) is 15.2 Å². The molecule has 4 nitrogen and oxygen atoms in total. The van der Waals surface area contributed by atoms with Crippen LogP contribution < -0.4 is 10.2 Å². The molecule has 2 saturated heterocycles. The Morgan fingerprint density at radius 3 is 3.11 bits per heavy atom. The molecule has 0 spiro atoms. The van der Waals surface area contributed by atoms with Crippen LogP contribution in [0.4, 0.5) is 5.13 Å². The Morgan fingerprint density at radius 1 is 1.26 bits per heavy atom. The molecule has 1 N–H and O–H groups in total. The molecule has 1 unspecified atom stereocenters. The van der Waals surface area contributed by atoms with Crippen LogP contribution in [0.2, 0.25) is 0 Å². The smallest absolute Gasteiger partial charge is 0.185 e. The molecule has 2 aliphatic heterocycles. The minimum absolute atomic E-state index is 0.783. The third kappa shape index (κ3) is 2.64. The van der Waals surface area contributed by atoms with E-state index in [1.54, 1.807) is 0 Å². The predicted molar refractivity (Wildman–Crippen MR) is 78.8 cm³/mol. The van der Waals surface area contributed by atoms with Gasteiger partial charge in [-0.2, -0.15) is 0 Å². The van der Waals surface area contributed by atoms with Crippen molar-refractivity contribution in [2.45, 2.75) is 44.3 Å². The van der Waals surface area contributed by atoms with Crippen molar-refractivity contribution in [3.05, 3.63) is 11.1 Å². The molecular formula is C14H22N4S. The number of nitrogens with one attached hydrogen (secondary N) is 1. The summed E-state index contributed by atoms with van der Waals surface area (Å²) in [5, 5.41) is 4.81. The van der Waals surface area contributed by atoms with Crippen molar-refractivity contribution in [1.29, 1.82) is 0 Å². The molecule has 1 saturated carbocycles. The van der Waals surface area contributed by atoms with E-state index in [2.05, 4.69) is 26.3 Å². The molecule has 5 heteroatoms. The molecule has 1 aromatic heterocycles. The Labute approximate surface area is 118 Å². The van der Waals surface area contributed by atoms with Gasteiger partial charge in [0.2, 0.25) is 0 Å². The van der Waals surface area contributed by atoms with Crippen molar-refractivity contribution in [3.63, 3.8) is 0 Å². The highest BCUT2D eigenvalue weighted by Gasteiger charge is 2.31. The fourth-order valence-electron chi connectivity index (χ4n) is 3.22. The quantitative estimate of drug-likeness (QED) is 0.908. The Kier molecular flexibility index (Phi) is 3.21. The predicted octanol–water partition coefficient (Wildman–Crippen LogP) is 1.68. The van der Waals surface area contributed by atoms with Crippen LogP contribution in [-0.2, 0) is 6.54 Å². The van der Waals surface area contributed by atoms with Gasteiger partial charge in [-0.1, -0.05) is 0 Å². The van der Waals surface area contributed by atoms with Crippen molar-refractivity contribution in [3.8, 4) is 0 Å². The number of hydrogen-bond donors (Lipinski definition) is 1. The number of piperazine rings is 1. The molecule has 19 heavy (non-hydrogen) atoms. The third-order valence-electron chi connectivity index (χ3n) is 4.54. The van der Waals surface area contributed by atoms with E-state index in [9.17, 15) is 0 Å². The summed E-state index contributed by atoms with van der Waals surface area (Å²) in [6, 6.07) is 1.57. The maximum Gasteiger partial charge on any atom is 0.185 e. The van der Waals surface area contributed by atoms with Gasteiger partial charge in [-0.3, -0.25) is 4.90 Å². The van der Waals surface area contributed by atoms with Crippen molar-refractivity contribution in [2.24, 2.45) is 0 Å². The van der Waals surface area contributed by atoms with Gasteiger partial charge in [0.05, 0.1) is 0 Å². The first kappa shape index (κ1) is 12.1. The van der Waals surface area contributed by atoms with Gasteiger partial charge in [0.15, 0.2) is 5.13 Å². The van der Waals surface area contributed by atoms with E-state index < -0.39 is 0 Å². The fraction of sp³-hybridized carbons (Fsp3) is 0.786. The maximum atomic E-state index is 4.64. The van der Waals surface area contributed by atoms with Gasteiger partial charge in [0.25, 0.3) is 0 Å². The van der Waals surface area contributed by atoms with Gasteiger partial charge in [0.1, 0.15) is 0 Å². The van der Waals surface area contributed by atoms with Crippen LogP contribution in [0.15, 0.2) is 6.20 Å². The van der Waals surface area contributed by atoms with Gasteiger partial charge in [-0.25, -0.2) is 4.98 Å². The lowest BCUT2D eigenvalue weighted by Crippen LogP contribution is -2.50. The van der Waals surface area contributed by atoms with E-state index in [4.69, 9.17) is 0 Å². The summed E-state index contributed by atoms with van der Waals surface area (Å²) in [4.78, 5) is 11.2. The van der Waals surface area contributed by atoms with Gasteiger partial charge in [0, 0.05) is 49.3 Å². The standard InChI is InChI=1S/C14H22N4S/c1-2-12-10-18(7-6-17(12)5-1)14-16-9-13(19-14)8-15-11-3-4-11/h9,11-12,15H,1-8,10H2. The largest absolute Gasteiger partial charge is 0.345 e. The highest BCUT2D eigenvalue weighted by molar-refractivity contribution is 7.15. The lowest BCUT2D eigenvalue weighted by Gasteiger charge is -2.37. The fourth-order valence-corrected chi connectivity index (χ4v) is 4.12. The van der Waals surface area contributed by atoms with Gasteiger partial charge in [-0.15, -0.1) is 11.3 Å². The zero-order valence-corrected chi connectivity index (χ0v) is 12.2. The Hall–Kier alpha value is -0.650. The first-order valence-corrected chi connectivity index (χ1v) is 8.37. The second-order valence-corrected chi connectivity index (χ2v) is 7.14. The topological polar surface area (TPSA) is 31.4 Å². The second kappa shape index (κ2) is 5.04. The number of hydrogen-bond acceptors (Lipinski definition) is 5. The summed E-state index contributed by atoms with van der Waals surface area (Å²) in [5.74, 6) is 0. The molecule has 0 amide bonds. The molecule has 0 aromatic carbocycles. The van der Waals surface area contributed by atoms with Crippen LogP contribution in [0.5, 0.6) is 0 Å². The summed E-state index contributed by atoms with van der Waals surface area (Å²) >= 11 is 1.88. The molecule has 1 aliphatic carbocycles. The molecule has 104 valence electrons. The van der Waals surface area contributed by atoms with Crippen LogP contribution in [0.25, 0.3) is 0 Å². The summed E-state index contributed by atoms with van der Waals surface area (Å²) in [6.07, 6.45) is 7.53. The van der Waals surface area contributed by atoms with Gasteiger partial charge in [-0.05, 0) is 32.2 Å². The number of thiazole rings is 1. The number of anilines is 1. The maximum absolute atomic E-state index is 4.64. The first-order chi connectivity index (χ1) is 9.38. The average Bonchev–Trinajstić information content (AvgIpc) is 2.96. The van der Waals surface area contributed by atoms with E-state index in [1.807, 2.05) is 11.3 Å². The van der Waals surface area contributed by atoms with Crippen LogP contribution in [0.3, 0.4) is 0 Å². The minimum Gasteiger partial charge on any atom is -0.345 e. The van der Waals surface area contributed by atoms with E-state index in [-0.39, 0.29) is 0 Å². The van der Waals surface area contributed by atoms with Crippen LogP contribution >= 0.6 is 11.3 Å². The molecular weight excluding hydrogens is 256 g/mol. The summed E-state index contributed by atoms with van der Waals surface area (Å²) in [7, 11) is 0. The first-order valence-electron chi connectivity index (χ1n) is 7.55. The Bertz CT molecular complexity index is 442. The molecule has 0 radical (unpaired) electrons. The number of aromatic nitrogens is 1. The highest BCUT2D eigenvalue weighted by atomic mass is 32.1. The summed E-state index contributed by atoms with van der Waals surface area (Å²) in [6.45, 7) is 5.88. The third-order valence-corrected chi connectivity index (χ3v) is 5.60. The number of nitrogens with zero attached hydrogens (tertiary/aromatic N) is 3. The van der Waals surface area contributed by atoms with Crippen LogP contribution in [0.1, 0.15) is 30.6 Å². The zero-order valence-electron chi connectivity index (χ0n) is 11.3. The van der Waals surface area contributed by atoms with Crippen molar-refractivity contribution >= 4 is 16.5 Å². The Morgan fingerprint density at radius 2 is 2.21 bits per heavy atom. The molecule has 3 heterocycles. The lowest BCUT2D eigenvalue weighted by atomic mass is 10.2. The van der Waals surface area contributed by atoms with Gasteiger partial charge >= 0.3 is 0 Å².